The molecule has 1 aliphatic rings. The number of para-hydroxylation sites is 1. The Kier molecular flexibility index (Phi) is 9.34. The van der Waals surface area contributed by atoms with E-state index in [4.69, 9.17) is 21.7 Å². The molecule has 1 aliphatic heterocycles. The van der Waals surface area contributed by atoms with Gasteiger partial charge < -0.3 is 14.8 Å². The number of hydrogen-bond donors (Lipinski definition) is 1. The van der Waals surface area contributed by atoms with Crippen molar-refractivity contribution in [1.29, 1.82) is 0 Å². The van der Waals surface area contributed by atoms with Gasteiger partial charge in [0.25, 0.3) is 5.91 Å². The molecular formula is C24H25BrN2O4S2. The standard InChI is InChI=1S/C24H25BrN2O4S2/c1-30-19-12-11-16(14-20(19)31-2)15-21-23(29)27(24(32)33-21)13-7-3-4-10-22(28)26-18-9-6-5-8-17(18)25/h5-6,8-9,11-12,14-15H,3-4,7,10,13H2,1-2H3,(H,26,28). The van der Waals surface area contributed by atoms with Gasteiger partial charge in [-0.25, -0.2) is 0 Å². The summed E-state index contributed by atoms with van der Waals surface area (Å²) in [5, 5.41) is 2.90. The lowest BCUT2D eigenvalue weighted by atomic mass is 10.1. The van der Waals surface area contributed by atoms with E-state index in [1.807, 2.05) is 42.5 Å². The first-order chi connectivity index (χ1) is 15.9. The van der Waals surface area contributed by atoms with E-state index in [0.717, 1.165) is 35.0 Å². The lowest BCUT2D eigenvalue weighted by Gasteiger charge is -2.14. The summed E-state index contributed by atoms with van der Waals surface area (Å²) >= 11 is 10.1. The highest BCUT2D eigenvalue weighted by atomic mass is 79.9. The summed E-state index contributed by atoms with van der Waals surface area (Å²) < 4.78 is 12.0. The highest BCUT2D eigenvalue weighted by Gasteiger charge is 2.31. The minimum absolute atomic E-state index is 0.0228. The van der Waals surface area contributed by atoms with Gasteiger partial charge in [-0.1, -0.05) is 48.6 Å². The first kappa shape index (κ1) is 25.3. The average molecular weight is 550 g/mol. The maximum absolute atomic E-state index is 12.8. The molecule has 0 aliphatic carbocycles. The third kappa shape index (κ3) is 6.82. The van der Waals surface area contributed by atoms with E-state index in [1.54, 1.807) is 25.2 Å². The number of ether oxygens (including phenoxy) is 2. The first-order valence-corrected chi connectivity index (χ1v) is 12.5. The number of anilines is 1. The van der Waals surface area contributed by atoms with Gasteiger partial charge in [0.15, 0.2) is 11.5 Å². The van der Waals surface area contributed by atoms with Crippen LogP contribution in [-0.4, -0.2) is 41.8 Å². The third-order valence-corrected chi connectivity index (χ3v) is 7.08. The highest BCUT2D eigenvalue weighted by molar-refractivity contribution is 9.10. The van der Waals surface area contributed by atoms with Gasteiger partial charge in [0.2, 0.25) is 5.91 Å². The van der Waals surface area contributed by atoms with Gasteiger partial charge in [-0.15, -0.1) is 0 Å². The van der Waals surface area contributed by atoms with Crippen LogP contribution in [0.3, 0.4) is 0 Å². The molecule has 1 N–H and O–H groups in total. The summed E-state index contributed by atoms with van der Waals surface area (Å²) in [7, 11) is 3.16. The average Bonchev–Trinajstić information content (AvgIpc) is 3.07. The normalized spacial score (nSPS) is 14.6. The number of amides is 2. The Morgan fingerprint density at radius 3 is 2.61 bits per heavy atom. The van der Waals surface area contributed by atoms with Crippen molar-refractivity contribution in [3.05, 3.63) is 57.4 Å². The number of unbranched alkanes of at least 4 members (excludes halogenated alkanes) is 2. The van der Waals surface area contributed by atoms with Crippen LogP contribution in [0.1, 0.15) is 31.2 Å². The van der Waals surface area contributed by atoms with Crippen molar-refractivity contribution in [1.82, 2.24) is 4.90 Å². The Labute approximate surface area is 211 Å². The number of rotatable bonds is 10. The van der Waals surface area contributed by atoms with Crippen molar-refractivity contribution >= 4 is 67.8 Å². The van der Waals surface area contributed by atoms with Gasteiger partial charge in [0, 0.05) is 17.4 Å². The number of thioether (sulfide) groups is 1. The fourth-order valence-corrected chi connectivity index (χ4v) is 4.99. The summed E-state index contributed by atoms with van der Waals surface area (Å²) in [4.78, 5) is 27.2. The number of halogens is 1. The zero-order valence-electron chi connectivity index (χ0n) is 18.4. The largest absolute Gasteiger partial charge is 0.493 e. The molecule has 2 amide bonds. The molecule has 174 valence electrons. The van der Waals surface area contributed by atoms with E-state index < -0.39 is 0 Å². The molecule has 0 saturated carbocycles. The van der Waals surface area contributed by atoms with Crippen molar-refractivity contribution in [2.24, 2.45) is 0 Å². The molecule has 0 aromatic heterocycles. The Hall–Kier alpha value is -2.36. The van der Waals surface area contributed by atoms with Crippen molar-refractivity contribution in [2.45, 2.75) is 25.7 Å². The van der Waals surface area contributed by atoms with Gasteiger partial charge >= 0.3 is 0 Å². The number of nitrogens with zero attached hydrogens (tertiary/aromatic N) is 1. The predicted octanol–water partition coefficient (Wildman–Crippen LogP) is 5.87. The molecular weight excluding hydrogens is 524 g/mol. The number of methoxy groups -OCH3 is 2. The second-order valence-corrected chi connectivity index (χ2v) is 9.82. The molecule has 0 atom stereocenters. The molecule has 1 saturated heterocycles. The number of benzene rings is 2. The maximum Gasteiger partial charge on any atom is 0.266 e. The zero-order valence-corrected chi connectivity index (χ0v) is 21.6. The molecule has 33 heavy (non-hydrogen) atoms. The molecule has 0 unspecified atom stereocenters. The molecule has 1 fully saturated rings. The fourth-order valence-electron chi connectivity index (χ4n) is 3.29. The van der Waals surface area contributed by atoms with Crippen LogP contribution in [0.4, 0.5) is 5.69 Å². The lowest BCUT2D eigenvalue weighted by Crippen LogP contribution is -2.29. The zero-order chi connectivity index (χ0) is 23.8. The number of nitrogens with one attached hydrogen (secondary N) is 1. The smallest absolute Gasteiger partial charge is 0.266 e. The molecule has 2 aromatic carbocycles. The van der Waals surface area contributed by atoms with Crippen molar-refractivity contribution in [3.63, 3.8) is 0 Å². The summed E-state index contributed by atoms with van der Waals surface area (Å²) in [6, 6.07) is 13.0. The molecule has 0 radical (unpaired) electrons. The fraction of sp³-hybridized carbons (Fsp3) is 0.292. The Bertz CT molecular complexity index is 1070. The van der Waals surface area contributed by atoms with E-state index in [0.29, 0.717) is 33.7 Å². The Balaban J connectivity index is 1.47. The monoisotopic (exact) mass is 548 g/mol. The van der Waals surface area contributed by atoms with Crippen LogP contribution in [-0.2, 0) is 9.59 Å². The van der Waals surface area contributed by atoms with Gasteiger partial charge in [-0.3, -0.25) is 14.5 Å². The van der Waals surface area contributed by atoms with Crippen molar-refractivity contribution in [3.8, 4) is 11.5 Å². The number of hydrogen-bond acceptors (Lipinski definition) is 6. The number of carbonyl (C=O) groups is 2. The van der Waals surface area contributed by atoms with E-state index in [-0.39, 0.29) is 11.8 Å². The summed E-state index contributed by atoms with van der Waals surface area (Å²) in [6.45, 7) is 0.541. The summed E-state index contributed by atoms with van der Waals surface area (Å²) in [6.07, 6.45) is 4.59. The van der Waals surface area contributed by atoms with Gasteiger partial charge in [-0.2, -0.15) is 0 Å². The second-order valence-electron chi connectivity index (χ2n) is 7.29. The molecule has 1 heterocycles. The molecule has 9 heteroatoms. The van der Waals surface area contributed by atoms with E-state index in [2.05, 4.69) is 21.2 Å². The minimum Gasteiger partial charge on any atom is -0.493 e. The van der Waals surface area contributed by atoms with E-state index in [9.17, 15) is 9.59 Å². The van der Waals surface area contributed by atoms with Crippen LogP contribution in [0.25, 0.3) is 6.08 Å². The second kappa shape index (κ2) is 12.2. The van der Waals surface area contributed by atoms with E-state index in [1.165, 1.54) is 11.8 Å². The Morgan fingerprint density at radius 1 is 1.12 bits per heavy atom. The van der Waals surface area contributed by atoms with Crippen LogP contribution in [0.15, 0.2) is 51.8 Å². The van der Waals surface area contributed by atoms with E-state index >= 15 is 0 Å². The van der Waals surface area contributed by atoms with Crippen LogP contribution in [0.2, 0.25) is 0 Å². The van der Waals surface area contributed by atoms with Crippen LogP contribution >= 0.6 is 39.9 Å². The maximum atomic E-state index is 12.8. The predicted molar refractivity (Wildman–Crippen MR) is 141 cm³/mol. The summed E-state index contributed by atoms with van der Waals surface area (Å²) in [5.74, 6) is 1.12. The van der Waals surface area contributed by atoms with Crippen LogP contribution in [0, 0.1) is 0 Å². The molecule has 0 bridgehead atoms. The molecule has 3 rings (SSSR count). The van der Waals surface area contributed by atoms with Crippen molar-refractivity contribution < 1.29 is 19.1 Å². The highest BCUT2D eigenvalue weighted by Crippen LogP contribution is 2.34. The minimum atomic E-state index is -0.0912. The van der Waals surface area contributed by atoms with Gasteiger partial charge in [-0.05, 0) is 64.7 Å². The quantitative estimate of drug-likeness (QED) is 0.227. The first-order valence-electron chi connectivity index (χ1n) is 10.4. The third-order valence-electron chi connectivity index (χ3n) is 5.01. The summed E-state index contributed by atoms with van der Waals surface area (Å²) in [5.41, 5.74) is 1.60. The SMILES string of the molecule is COc1ccc(C=C2SC(=S)N(CCCCCC(=O)Nc3ccccc3Br)C2=O)cc1OC. The molecule has 6 nitrogen and oxygen atoms in total. The van der Waals surface area contributed by atoms with Crippen molar-refractivity contribution in [2.75, 3.05) is 26.1 Å². The Morgan fingerprint density at radius 2 is 1.88 bits per heavy atom. The molecule has 0 spiro atoms. The van der Waals surface area contributed by atoms with Crippen LogP contribution < -0.4 is 14.8 Å². The van der Waals surface area contributed by atoms with Gasteiger partial charge in [0.1, 0.15) is 4.32 Å². The molecule has 2 aromatic rings. The van der Waals surface area contributed by atoms with Gasteiger partial charge in [0.05, 0.1) is 24.8 Å². The number of thiocarbonyl (C=S) groups is 1. The lowest BCUT2D eigenvalue weighted by molar-refractivity contribution is -0.122. The topological polar surface area (TPSA) is 67.9 Å². The van der Waals surface area contributed by atoms with Crippen LogP contribution in [0.5, 0.6) is 11.5 Å². The number of carbonyl (C=O) groups excluding carboxylic acids is 2.